The van der Waals surface area contributed by atoms with Gasteiger partial charge in [0.15, 0.2) is 0 Å². The van der Waals surface area contributed by atoms with Crippen LogP contribution in [-0.2, 0) is 11.3 Å². The van der Waals surface area contributed by atoms with Crippen LogP contribution >= 0.6 is 39.0 Å². The minimum Gasteiger partial charge on any atom is -0.340 e. The zero-order chi connectivity index (χ0) is 11.5. The highest BCUT2D eigenvalue weighted by atomic mass is 79.9. The predicted molar refractivity (Wildman–Crippen MR) is 74.0 cm³/mol. The number of hydrogen-bond acceptors (Lipinski definition) is 3. The van der Waals surface area contributed by atoms with E-state index < -0.39 is 0 Å². The van der Waals surface area contributed by atoms with Crippen LogP contribution in [0.4, 0.5) is 0 Å². The molecular weight excluding hydrogens is 306 g/mol. The molecular formula is C11H14BrNOS2. The molecule has 2 nitrogen and oxygen atoms in total. The molecule has 1 aromatic rings. The summed E-state index contributed by atoms with van der Waals surface area (Å²) < 4.78 is 1.12. The fourth-order valence-electron chi connectivity index (χ4n) is 1.80. The fraction of sp³-hybridized carbons (Fsp3) is 0.545. The molecule has 0 saturated carbocycles. The lowest BCUT2D eigenvalue weighted by atomic mass is 10.2. The van der Waals surface area contributed by atoms with E-state index in [2.05, 4.69) is 27.4 Å². The molecule has 1 fully saturated rings. The molecule has 0 N–H and O–H groups in total. The van der Waals surface area contributed by atoms with Gasteiger partial charge in [-0.1, -0.05) is 0 Å². The second kappa shape index (κ2) is 5.56. The van der Waals surface area contributed by atoms with Gasteiger partial charge in [-0.15, -0.1) is 23.1 Å². The molecule has 1 aliphatic heterocycles. The van der Waals surface area contributed by atoms with Gasteiger partial charge in [0.2, 0.25) is 5.91 Å². The molecule has 0 bridgehead atoms. The summed E-state index contributed by atoms with van der Waals surface area (Å²) in [5, 5.41) is 2.29. The van der Waals surface area contributed by atoms with Gasteiger partial charge >= 0.3 is 0 Å². The van der Waals surface area contributed by atoms with Crippen molar-refractivity contribution in [3.8, 4) is 0 Å². The van der Waals surface area contributed by atoms with E-state index in [9.17, 15) is 4.79 Å². The van der Waals surface area contributed by atoms with Gasteiger partial charge in [-0.05, 0) is 51.5 Å². The van der Waals surface area contributed by atoms with Gasteiger partial charge in [0.25, 0.3) is 0 Å². The van der Waals surface area contributed by atoms with Crippen molar-refractivity contribution in [1.82, 2.24) is 4.90 Å². The second-order valence-electron chi connectivity index (χ2n) is 3.96. The molecule has 1 saturated heterocycles. The van der Waals surface area contributed by atoms with E-state index in [0.29, 0.717) is 0 Å². The van der Waals surface area contributed by atoms with Crippen LogP contribution in [0.25, 0.3) is 0 Å². The molecule has 0 aromatic carbocycles. The first-order valence-corrected chi connectivity index (χ1v) is 7.98. The van der Waals surface area contributed by atoms with E-state index in [-0.39, 0.29) is 11.2 Å². The van der Waals surface area contributed by atoms with Gasteiger partial charge in [0, 0.05) is 13.6 Å². The summed E-state index contributed by atoms with van der Waals surface area (Å²) in [6, 6.07) is 2.08. The maximum Gasteiger partial charge on any atom is 0.235 e. The Morgan fingerprint density at radius 2 is 2.50 bits per heavy atom. The molecule has 1 aliphatic rings. The van der Waals surface area contributed by atoms with Gasteiger partial charge in [-0.3, -0.25) is 4.79 Å². The quantitative estimate of drug-likeness (QED) is 0.851. The number of thiophene rings is 1. The molecule has 1 unspecified atom stereocenters. The van der Waals surface area contributed by atoms with Gasteiger partial charge < -0.3 is 4.90 Å². The molecule has 2 rings (SSSR count). The lowest BCUT2D eigenvalue weighted by molar-refractivity contribution is -0.129. The topological polar surface area (TPSA) is 20.3 Å². The Kier molecular flexibility index (Phi) is 4.33. The van der Waals surface area contributed by atoms with Crippen molar-refractivity contribution in [1.29, 1.82) is 0 Å². The predicted octanol–water partition coefficient (Wildman–Crippen LogP) is 3.36. The summed E-state index contributed by atoms with van der Waals surface area (Å²) in [7, 11) is 1.90. The smallest absolute Gasteiger partial charge is 0.235 e. The maximum atomic E-state index is 12.1. The summed E-state index contributed by atoms with van der Waals surface area (Å²) in [4.78, 5) is 13.9. The number of halogens is 1. The van der Waals surface area contributed by atoms with Crippen LogP contribution in [0.15, 0.2) is 15.2 Å². The molecule has 88 valence electrons. The number of nitrogens with zero attached hydrogens (tertiary/aromatic N) is 1. The molecule has 5 heteroatoms. The second-order valence-corrected chi connectivity index (χ2v) is 7.56. The largest absolute Gasteiger partial charge is 0.340 e. The third kappa shape index (κ3) is 3.02. The first-order valence-electron chi connectivity index (χ1n) is 5.26. The molecule has 0 spiro atoms. The van der Waals surface area contributed by atoms with Crippen molar-refractivity contribution >= 4 is 44.9 Å². The van der Waals surface area contributed by atoms with Crippen LogP contribution in [0.5, 0.6) is 0 Å². The highest BCUT2D eigenvalue weighted by Crippen LogP contribution is 2.28. The number of carbonyl (C=O) groups excluding carboxylic acids is 1. The Balaban J connectivity index is 1.91. The van der Waals surface area contributed by atoms with Crippen LogP contribution in [0, 0.1) is 0 Å². The maximum absolute atomic E-state index is 12.1. The molecule has 0 aliphatic carbocycles. The molecule has 0 radical (unpaired) electrons. The summed E-state index contributed by atoms with van der Waals surface area (Å²) >= 11 is 6.90. The van der Waals surface area contributed by atoms with E-state index >= 15 is 0 Å². The van der Waals surface area contributed by atoms with Gasteiger partial charge in [0.1, 0.15) is 0 Å². The first kappa shape index (κ1) is 12.5. The first-order chi connectivity index (χ1) is 7.66. The Hall–Kier alpha value is -0.0000000000000000555. The number of rotatable bonds is 3. The normalized spacial score (nSPS) is 20.0. The van der Waals surface area contributed by atoms with Gasteiger partial charge in [-0.2, -0.15) is 0 Å². The zero-order valence-electron chi connectivity index (χ0n) is 9.11. The van der Waals surface area contributed by atoms with Crippen LogP contribution in [0.1, 0.15) is 18.4 Å². The number of thioether (sulfide) groups is 1. The van der Waals surface area contributed by atoms with Gasteiger partial charge in [0.05, 0.1) is 9.04 Å². The number of amides is 1. The van der Waals surface area contributed by atoms with E-state index in [0.717, 1.165) is 22.5 Å². The van der Waals surface area contributed by atoms with E-state index in [1.165, 1.54) is 12.0 Å². The number of hydrogen-bond donors (Lipinski definition) is 0. The average molecular weight is 320 g/mol. The van der Waals surface area contributed by atoms with Crippen molar-refractivity contribution < 1.29 is 4.79 Å². The van der Waals surface area contributed by atoms with Crippen LogP contribution in [0.3, 0.4) is 0 Å². The summed E-state index contributed by atoms with van der Waals surface area (Å²) in [6.07, 6.45) is 2.22. The highest BCUT2D eigenvalue weighted by molar-refractivity contribution is 9.11. The molecule has 1 amide bonds. The van der Waals surface area contributed by atoms with Crippen LogP contribution < -0.4 is 0 Å². The van der Waals surface area contributed by atoms with Crippen molar-refractivity contribution in [2.24, 2.45) is 0 Å². The molecule has 1 atom stereocenters. The van der Waals surface area contributed by atoms with E-state index in [1.54, 1.807) is 23.1 Å². The summed E-state index contributed by atoms with van der Waals surface area (Å²) in [5.41, 5.74) is 1.20. The Labute approximate surface area is 113 Å². The van der Waals surface area contributed by atoms with E-state index in [1.807, 2.05) is 11.9 Å². The van der Waals surface area contributed by atoms with Crippen molar-refractivity contribution in [3.63, 3.8) is 0 Å². The SMILES string of the molecule is CN(Cc1csc(Br)c1)C(=O)C1CCCS1. The van der Waals surface area contributed by atoms with Crippen LogP contribution in [-0.4, -0.2) is 28.9 Å². The Bertz CT molecular complexity index is 374. The Morgan fingerprint density at radius 3 is 3.06 bits per heavy atom. The van der Waals surface area contributed by atoms with Crippen LogP contribution in [0.2, 0.25) is 0 Å². The zero-order valence-corrected chi connectivity index (χ0v) is 12.3. The average Bonchev–Trinajstić information content (AvgIpc) is 2.88. The van der Waals surface area contributed by atoms with E-state index in [4.69, 9.17) is 0 Å². The molecule has 1 aromatic heterocycles. The monoisotopic (exact) mass is 319 g/mol. The third-order valence-electron chi connectivity index (χ3n) is 2.62. The Morgan fingerprint density at radius 1 is 1.69 bits per heavy atom. The number of carbonyl (C=O) groups is 1. The third-order valence-corrected chi connectivity index (χ3v) is 5.54. The van der Waals surface area contributed by atoms with Crippen molar-refractivity contribution in [2.75, 3.05) is 12.8 Å². The van der Waals surface area contributed by atoms with Crippen molar-refractivity contribution in [2.45, 2.75) is 24.6 Å². The lowest BCUT2D eigenvalue weighted by Gasteiger charge is -2.19. The lowest BCUT2D eigenvalue weighted by Crippen LogP contribution is -2.32. The van der Waals surface area contributed by atoms with Crippen molar-refractivity contribution in [3.05, 3.63) is 20.8 Å². The minimum atomic E-state index is 0.201. The molecule has 16 heavy (non-hydrogen) atoms. The summed E-state index contributed by atoms with van der Waals surface area (Å²) in [5.74, 6) is 1.42. The van der Waals surface area contributed by atoms with Gasteiger partial charge in [-0.25, -0.2) is 0 Å². The summed E-state index contributed by atoms with van der Waals surface area (Å²) in [6.45, 7) is 0.720. The highest BCUT2D eigenvalue weighted by Gasteiger charge is 2.26. The fourth-order valence-corrected chi connectivity index (χ4v) is 4.27. The molecule has 2 heterocycles. The standard InChI is InChI=1S/C11H14BrNOS2/c1-13(6-8-5-10(12)16-7-8)11(14)9-3-2-4-15-9/h5,7,9H,2-4,6H2,1H3. The minimum absolute atomic E-state index is 0.201.